The lowest BCUT2D eigenvalue weighted by molar-refractivity contribution is -0.130. The normalized spacial score (nSPS) is 12.3. The quantitative estimate of drug-likeness (QED) is 0.902. The molecule has 0 saturated heterocycles. The van der Waals surface area contributed by atoms with Gasteiger partial charge in [0.05, 0.1) is 11.6 Å². The number of aromatic nitrogens is 1. The Bertz CT molecular complexity index is 590. The zero-order chi connectivity index (χ0) is 14.5. The minimum absolute atomic E-state index is 0.0982. The molecule has 1 N–H and O–H groups in total. The van der Waals surface area contributed by atoms with Crippen LogP contribution in [0, 0.1) is 0 Å². The van der Waals surface area contributed by atoms with E-state index in [1.165, 1.54) is 5.56 Å². The second-order valence-electron chi connectivity index (χ2n) is 5.15. The fraction of sp³-hybridized carbons (Fsp3) is 0.375. The second-order valence-corrected chi connectivity index (χ2v) is 5.15. The van der Waals surface area contributed by atoms with Gasteiger partial charge in [-0.05, 0) is 31.5 Å². The molecule has 2 aromatic rings. The SMILES string of the molecule is CC(NCCc1cccc2cccnc12)C(=O)N(C)C. The van der Waals surface area contributed by atoms with Crippen LogP contribution in [0.15, 0.2) is 36.5 Å². The molecule has 1 unspecified atom stereocenters. The molecule has 1 heterocycles. The van der Waals surface area contributed by atoms with E-state index in [1.54, 1.807) is 19.0 Å². The van der Waals surface area contributed by atoms with Crippen molar-refractivity contribution < 1.29 is 4.79 Å². The largest absolute Gasteiger partial charge is 0.347 e. The maximum absolute atomic E-state index is 11.7. The Morgan fingerprint density at radius 1 is 1.30 bits per heavy atom. The van der Waals surface area contributed by atoms with E-state index < -0.39 is 0 Å². The maximum Gasteiger partial charge on any atom is 0.238 e. The summed E-state index contributed by atoms with van der Waals surface area (Å²) in [7, 11) is 3.55. The molecule has 2 rings (SSSR count). The number of amides is 1. The van der Waals surface area contributed by atoms with Gasteiger partial charge in [-0.3, -0.25) is 9.78 Å². The van der Waals surface area contributed by atoms with E-state index in [1.807, 2.05) is 25.3 Å². The van der Waals surface area contributed by atoms with Crippen LogP contribution < -0.4 is 5.32 Å². The smallest absolute Gasteiger partial charge is 0.238 e. The number of rotatable bonds is 5. The van der Waals surface area contributed by atoms with Gasteiger partial charge in [0.1, 0.15) is 0 Å². The van der Waals surface area contributed by atoms with Crippen molar-refractivity contribution in [3.63, 3.8) is 0 Å². The third kappa shape index (κ3) is 3.33. The molecule has 1 aromatic carbocycles. The fourth-order valence-electron chi connectivity index (χ4n) is 2.27. The molecule has 4 nitrogen and oxygen atoms in total. The lowest BCUT2D eigenvalue weighted by Crippen LogP contribution is -2.42. The number of fused-ring (bicyclic) bond motifs is 1. The second kappa shape index (κ2) is 6.48. The Balaban J connectivity index is 1.98. The Morgan fingerprint density at radius 3 is 2.80 bits per heavy atom. The van der Waals surface area contributed by atoms with Crippen LogP contribution in [0.1, 0.15) is 12.5 Å². The number of nitrogens with zero attached hydrogens (tertiary/aromatic N) is 2. The van der Waals surface area contributed by atoms with E-state index in [0.717, 1.165) is 23.9 Å². The Morgan fingerprint density at radius 2 is 2.05 bits per heavy atom. The molecule has 0 saturated carbocycles. The van der Waals surface area contributed by atoms with Gasteiger partial charge in [0.25, 0.3) is 0 Å². The van der Waals surface area contributed by atoms with Crippen molar-refractivity contribution in [1.82, 2.24) is 15.2 Å². The molecule has 106 valence electrons. The molecule has 20 heavy (non-hydrogen) atoms. The number of hydrogen-bond donors (Lipinski definition) is 1. The first kappa shape index (κ1) is 14.5. The Labute approximate surface area is 119 Å². The molecule has 1 atom stereocenters. The summed E-state index contributed by atoms with van der Waals surface area (Å²) in [5.41, 5.74) is 2.25. The van der Waals surface area contributed by atoms with Gasteiger partial charge >= 0.3 is 0 Å². The van der Waals surface area contributed by atoms with Gasteiger partial charge in [-0.2, -0.15) is 0 Å². The minimum Gasteiger partial charge on any atom is -0.347 e. The van der Waals surface area contributed by atoms with Crippen molar-refractivity contribution in [2.24, 2.45) is 0 Å². The zero-order valence-corrected chi connectivity index (χ0v) is 12.3. The number of hydrogen-bond acceptors (Lipinski definition) is 3. The summed E-state index contributed by atoms with van der Waals surface area (Å²) in [6.45, 7) is 2.65. The van der Waals surface area contributed by atoms with Crippen LogP contribution in [0.2, 0.25) is 0 Å². The van der Waals surface area contributed by atoms with E-state index in [-0.39, 0.29) is 11.9 Å². The predicted molar refractivity (Wildman–Crippen MR) is 81.6 cm³/mol. The highest BCUT2D eigenvalue weighted by Gasteiger charge is 2.13. The third-order valence-electron chi connectivity index (χ3n) is 3.37. The van der Waals surface area contributed by atoms with Crippen molar-refractivity contribution >= 4 is 16.8 Å². The predicted octanol–water partition coefficient (Wildman–Crippen LogP) is 1.84. The first-order valence-corrected chi connectivity index (χ1v) is 6.87. The first-order chi connectivity index (χ1) is 9.59. The number of benzene rings is 1. The molecule has 0 fully saturated rings. The van der Waals surface area contributed by atoms with Crippen molar-refractivity contribution in [3.8, 4) is 0 Å². The van der Waals surface area contributed by atoms with Gasteiger partial charge in [-0.25, -0.2) is 0 Å². The van der Waals surface area contributed by atoms with E-state index in [9.17, 15) is 4.79 Å². The fourth-order valence-corrected chi connectivity index (χ4v) is 2.27. The van der Waals surface area contributed by atoms with Crippen LogP contribution in [-0.2, 0) is 11.2 Å². The number of carbonyl (C=O) groups excluding carboxylic acids is 1. The third-order valence-corrected chi connectivity index (χ3v) is 3.37. The summed E-state index contributed by atoms with van der Waals surface area (Å²) < 4.78 is 0. The van der Waals surface area contributed by atoms with Crippen molar-refractivity contribution in [2.45, 2.75) is 19.4 Å². The topological polar surface area (TPSA) is 45.2 Å². The van der Waals surface area contributed by atoms with Gasteiger partial charge in [0.15, 0.2) is 0 Å². The van der Waals surface area contributed by atoms with E-state index >= 15 is 0 Å². The van der Waals surface area contributed by atoms with Gasteiger partial charge in [0.2, 0.25) is 5.91 Å². The standard InChI is InChI=1S/C16H21N3O/c1-12(16(20)19(2)3)17-11-9-14-7-4-6-13-8-5-10-18-15(13)14/h4-8,10,12,17H,9,11H2,1-3H3. The minimum atomic E-state index is -0.159. The summed E-state index contributed by atoms with van der Waals surface area (Å²) in [6, 6.07) is 10.1. The highest BCUT2D eigenvalue weighted by atomic mass is 16.2. The molecule has 0 aliphatic heterocycles. The first-order valence-electron chi connectivity index (χ1n) is 6.87. The molecule has 0 spiro atoms. The van der Waals surface area contributed by atoms with E-state index in [0.29, 0.717) is 0 Å². The number of pyridine rings is 1. The summed E-state index contributed by atoms with van der Waals surface area (Å²) in [6.07, 6.45) is 2.68. The van der Waals surface area contributed by atoms with Crippen LogP contribution in [0.25, 0.3) is 10.9 Å². The summed E-state index contributed by atoms with van der Waals surface area (Å²) in [5, 5.41) is 4.41. The number of para-hydroxylation sites is 1. The highest BCUT2D eigenvalue weighted by Crippen LogP contribution is 2.15. The van der Waals surface area contributed by atoms with Crippen LogP contribution in [0.5, 0.6) is 0 Å². The molecule has 0 radical (unpaired) electrons. The van der Waals surface area contributed by atoms with Crippen LogP contribution in [0.3, 0.4) is 0 Å². The summed E-state index contributed by atoms with van der Waals surface area (Å²) in [5.74, 6) is 0.0982. The molecule has 0 aliphatic carbocycles. The maximum atomic E-state index is 11.7. The lowest BCUT2D eigenvalue weighted by Gasteiger charge is -2.18. The lowest BCUT2D eigenvalue weighted by atomic mass is 10.1. The monoisotopic (exact) mass is 271 g/mol. The highest BCUT2D eigenvalue weighted by molar-refractivity contribution is 5.82. The van der Waals surface area contributed by atoms with Crippen LogP contribution in [0.4, 0.5) is 0 Å². The average molecular weight is 271 g/mol. The number of nitrogens with one attached hydrogen (secondary N) is 1. The molecular weight excluding hydrogens is 250 g/mol. The number of carbonyl (C=O) groups is 1. The van der Waals surface area contributed by atoms with Crippen molar-refractivity contribution in [1.29, 1.82) is 0 Å². The number of likely N-dealkylation sites (N-methyl/N-ethyl adjacent to an activating group) is 1. The van der Waals surface area contributed by atoms with Gasteiger partial charge in [-0.1, -0.05) is 24.3 Å². The molecule has 0 aliphatic rings. The van der Waals surface area contributed by atoms with Gasteiger partial charge in [0, 0.05) is 25.7 Å². The zero-order valence-electron chi connectivity index (χ0n) is 12.3. The molecule has 4 heteroatoms. The Hall–Kier alpha value is -1.94. The molecule has 1 amide bonds. The summed E-state index contributed by atoms with van der Waals surface area (Å²) >= 11 is 0. The van der Waals surface area contributed by atoms with Gasteiger partial charge in [-0.15, -0.1) is 0 Å². The van der Waals surface area contributed by atoms with Gasteiger partial charge < -0.3 is 10.2 Å². The van der Waals surface area contributed by atoms with Crippen molar-refractivity contribution in [3.05, 3.63) is 42.1 Å². The van der Waals surface area contributed by atoms with Crippen LogP contribution in [-0.4, -0.2) is 42.5 Å². The Kier molecular flexibility index (Phi) is 4.69. The van der Waals surface area contributed by atoms with E-state index in [4.69, 9.17) is 0 Å². The molecular formula is C16H21N3O. The summed E-state index contributed by atoms with van der Waals surface area (Å²) in [4.78, 5) is 17.8. The van der Waals surface area contributed by atoms with E-state index in [2.05, 4.69) is 28.5 Å². The molecule has 1 aromatic heterocycles. The van der Waals surface area contributed by atoms with Crippen molar-refractivity contribution in [2.75, 3.05) is 20.6 Å². The molecule has 0 bridgehead atoms. The average Bonchev–Trinajstić information content (AvgIpc) is 2.46. The van der Waals surface area contributed by atoms with Crippen LogP contribution >= 0.6 is 0 Å².